The molecule has 2 amide bonds. The predicted molar refractivity (Wildman–Crippen MR) is 127 cm³/mol. The predicted octanol–water partition coefficient (Wildman–Crippen LogP) is 5.21. The van der Waals surface area contributed by atoms with Crippen molar-refractivity contribution < 1.29 is 9.59 Å². The molecule has 0 radical (unpaired) electrons. The van der Waals surface area contributed by atoms with Crippen molar-refractivity contribution in [2.45, 2.75) is 58.5 Å². The molecule has 4 nitrogen and oxygen atoms in total. The van der Waals surface area contributed by atoms with Gasteiger partial charge in [-0.2, -0.15) is 0 Å². The second-order valence-electron chi connectivity index (χ2n) is 8.45. The molecule has 0 heterocycles. The lowest BCUT2D eigenvalue weighted by Gasteiger charge is -2.31. The summed E-state index contributed by atoms with van der Waals surface area (Å²) in [6.45, 7) is 10.0. The molecule has 2 aromatic carbocycles. The third-order valence-electron chi connectivity index (χ3n) is 4.71. The summed E-state index contributed by atoms with van der Waals surface area (Å²) < 4.78 is 0. The number of aryl methyl sites for hydroxylation is 1. The van der Waals surface area contributed by atoms with Crippen LogP contribution >= 0.6 is 23.4 Å². The summed E-state index contributed by atoms with van der Waals surface area (Å²) in [5.74, 6) is 0.712. The molecule has 0 bridgehead atoms. The summed E-state index contributed by atoms with van der Waals surface area (Å²) >= 11 is 7.73. The van der Waals surface area contributed by atoms with E-state index in [1.807, 2.05) is 76.2 Å². The Morgan fingerprint density at radius 1 is 1.07 bits per heavy atom. The van der Waals surface area contributed by atoms with Crippen LogP contribution in [-0.2, 0) is 21.9 Å². The number of hydrogen-bond donors (Lipinski definition) is 1. The fourth-order valence-corrected chi connectivity index (χ4v) is 4.17. The molecule has 2 aromatic rings. The third kappa shape index (κ3) is 7.37. The van der Waals surface area contributed by atoms with Crippen molar-refractivity contribution in [3.63, 3.8) is 0 Å². The molecule has 0 spiro atoms. The van der Waals surface area contributed by atoms with Crippen LogP contribution in [0.4, 0.5) is 0 Å². The summed E-state index contributed by atoms with van der Waals surface area (Å²) in [6.07, 6.45) is 0. The van der Waals surface area contributed by atoms with Crippen LogP contribution in [0, 0.1) is 6.92 Å². The van der Waals surface area contributed by atoms with Gasteiger partial charge in [-0.05, 0) is 57.4 Å². The summed E-state index contributed by atoms with van der Waals surface area (Å²) in [4.78, 5) is 27.6. The van der Waals surface area contributed by atoms with Crippen LogP contribution in [0.2, 0.25) is 5.02 Å². The third-order valence-corrected chi connectivity index (χ3v) is 6.04. The van der Waals surface area contributed by atoms with Crippen molar-refractivity contribution in [1.82, 2.24) is 10.2 Å². The van der Waals surface area contributed by atoms with Crippen LogP contribution < -0.4 is 5.32 Å². The molecule has 30 heavy (non-hydrogen) atoms. The van der Waals surface area contributed by atoms with Gasteiger partial charge < -0.3 is 10.2 Å². The van der Waals surface area contributed by atoms with Gasteiger partial charge in [0.25, 0.3) is 0 Å². The first-order valence-electron chi connectivity index (χ1n) is 10.1. The smallest absolute Gasteiger partial charge is 0.242 e. The zero-order chi connectivity index (χ0) is 22.3. The fourth-order valence-electron chi connectivity index (χ4n) is 2.97. The van der Waals surface area contributed by atoms with E-state index in [1.54, 1.807) is 11.8 Å². The van der Waals surface area contributed by atoms with E-state index in [1.165, 1.54) is 11.8 Å². The second-order valence-corrected chi connectivity index (χ2v) is 9.84. The monoisotopic (exact) mass is 446 g/mol. The summed E-state index contributed by atoms with van der Waals surface area (Å²) in [7, 11) is 0. The standard InChI is InChI=1S/C24H31ClN2O2S/c1-17-10-6-7-11-19(17)14-27(18(2)23(29)26-24(3,4)5)22(28)16-30-15-20-12-8-9-13-21(20)25/h6-13,18H,14-16H2,1-5H3,(H,26,29)/t18-/m0/s1. The Bertz CT molecular complexity index is 880. The van der Waals surface area contributed by atoms with Gasteiger partial charge in [-0.25, -0.2) is 0 Å². The van der Waals surface area contributed by atoms with Crippen molar-refractivity contribution >= 4 is 35.2 Å². The average Bonchev–Trinajstić information content (AvgIpc) is 2.67. The van der Waals surface area contributed by atoms with Crippen LogP contribution in [-0.4, -0.2) is 34.0 Å². The molecule has 1 atom stereocenters. The van der Waals surface area contributed by atoms with Crippen LogP contribution in [0.1, 0.15) is 44.4 Å². The summed E-state index contributed by atoms with van der Waals surface area (Å²) in [5.41, 5.74) is 2.78. The topological polar surface area (TPSA) is 49.4 Å². The molecule has 162 valence electrons. The zero-order valence-corrected chi connectivity index (χ0v) is 19.9. The molecule has 0 aromatic heterocycles. The van der Waals surface area contributed by atoms with Crippen LogP contribution in [0.15, 0.2) is 48.5 Å². The van der Waals surface area contributed by atoms with E-state index < -0.39 is 6.04 Å². The van der Waals surface area contributed by atoms with Crippen molar-refractivity contribution in [2.24, 2.45) is 0 Å². The van der Waals surface area contributed by atoms with Gasteiger partial charge >= 0.3 is 0 Å². The normalized spacial score (nSPS) is 12.3. The molecule has 0 saturated heterocycles. The number of carbonyl (C=O) groups excluding carboxylic acids is 2. The molecule has 0 saturated carbocycles. The number of halogens is 1. The number of rotatable bonds is 8. The van der Waals surface area contributed by atoms with Crippen LogP contribution in [0.5, 0.6) is 0 Å². The SMILES string of the molecule is Cc1ccccc1CN(C(=O)CSCc1ccccc1Cl)[C@@H](C)C(=O)NC(C)(C)C. The van der Waals surface area contributed by atoms with Crippen molar-refractivity contribution in [3.05, 3.63) is 70.2 Å². The Morgan fingerprint density at radius 3 is 2.27 bits per heavy atom. The van der Waals surface area contributed by atoms with Gasteiger partial charge in [0.05, 0.1) is 5.75 Å². The Morgan fingerprint density at radius 2 is 1.67 bits per heavy atom. The molecule has 1 N–H and O–H groups in total. The first-order chi connectivity index (χ1) is 14.1. The fraction of sp³-hybridized carbons (Fsp3) is 0.417. The Labute approximate surface area is 189 Å². The first kappa shape index (κ1) is 24.3. The number of nitrogens with one attached hydrogen (secondary N) is 1. The lowest BCUT2D eigenvalue weighted by Crippen LogP contribution is -2.52. The number of hydrogen-bond acceptors (Lipinski definition) is 3. The Balaban J connectivity index is 2.13. The largest absolute Gasteiger partial charge is 0.350 e. The number of nitrogens with zero attached hydrogens (tertiary/aromatic N) is 1. The van der Waals surface area contributed by atoms with Gasteiger partial charge in [-0.15, -0.1) is 11.8 Å². The molecule has 0 unspecified atom stereocenters. The van der Waals surface area contributed by atoms with Gasteiger partial charge in [0.2, 0.25) is 11.8 Å². The van der Waals surface area contributed by atoms with Gasteiger partial charge in [-0.1, -0.05) is 54.1 Å². The Kier molecular flexibility index (Phi) is 8.80. The van der Waals surface area contributed by atoms with Crippen molar-refractivity contribution in [3.8, 4) is 0 Å². The van der Waals surface area contributed by atoms with E-state index in [2.05, 4.69) is 5.32 Å². The molecular weight excluding hydrogens is 416 g/mol. The highest BCUT2D eigenvalue weighted by molar-refractivity contribution is 7.99. The minimum absolute atomic E-state index is 0.0631. The molecular formula is C24H31ClN2O2S. The summed E-state index contributed by atoms with van der Waals surface area (Å²) in [5, 5.41) is 3.69. The first-order valence-corrected chi connectivity index (χ1v) is 11.6. The van der Waals surface area contributed by atoms with E-state index in [9.17, 15) is 9.59 Å². The van der Waals surface area contributed by atoms with Gasteiger partial charge in [0, 0.05) is 22.9 Å². The molecule has 2 rings (SSSR count). The lowest BCUT2D eigenvalue weighted by atomic mass is 10.1. The summed E-state index contributed by atoms with van der Waals surface area (Å²) in [6, 6.07) is 15.0. The molecule has 0 aliphatic carbocycles. The second kappa shape index (κ2) is 10.9. The quantitative estimate of drug-likeness (QED) is 0.605. The highest BCUT2D eigenvalue weighted by Gasteiger charge is 2.28. The molecule has 0 aliphatic rings. The number of benzene rings is 2. The number of thioether (sulfide) groups is 1. The highest BCUT2D eigenvalue weighted by atomic mass is 35.5. The number of amides is 2. The number of carbonyl (C=O) groups is 2. The maximum Gasteiger partial charge on any atom is 0.242 e. The van der Waals surface area contributed by atoms with Crippen molar-refractivity contribution in [2.75, 3.05) is 5.75 Å². The van der Waals surface area contributed by atoms with E-state index >= 15 is 0 Å². The van der Waals surface area contributed by atoms with E-state index in [-0.39, 0.29) is 23.1 Å². The van der Waals surface area contributed by atoms with E-state index in [4.69, 9.17) is 11.6 Å². The van der Waals surface area contributed by atoms with Crippen molar-refractivity contribution in [1.29, 1.82) is 0 Å². The highest BCUT2D eigenvalue weighted by Crippen LogP contribution is 2.22. The maximum absolute atomic E-state index is 13.1. The lowest BCUT2D eigenvalue weighted by molar-refractivity contribution is -0.139. The average molecular weight is 447 g/mol. The minimum atomic E-state index is -0.572. The van der Waals surface area contributed by atoms with E-state index in [0.29, 0.717) is 17.3 Å². The van der Waals surface area contributed by atoms with Gasteiger partial charge in [0.15, 0.2) is 0 Å². The van der Waals surface area contributed by atoms with Gasteiger partial charge in [-0.3, -0.25) is 9.59 Å². The molecule has 0 fully saturated rings. The molecule has 0 aliphatic heterocycles. The van der Waals surface area contributed by atoms with Crippen LogP contribution in [0.3, 0.4) is 0 Å². The zero-order valence-electron chi connectivity index (χ0n) is 18.4. The van der Waals surface area contributed by atoms with Crippen LogP contribution in [0.25, 0.3) is 0 Å². The maximum atomic E-state index is 13.1. The van der Waals surface area contributed by atoms with Gasteiger partial charge in [0.1, 0.15) is 6.04 Å². The minimum Gasteiger partial charge on any atom is -0.350 e. The Hall–Kier alpha value is -1.98. The molecule has 6 heteroatoms. The van der Waals surface area contributed by atoms with E-state index in [0.717, 1.165) is 16.7 Å².